The van der Waals surface area contributed by atoms with E-state index in [4.69, 9.17) is 19.5 Å². The van der Waals surface area contributed by atoms with Gasteiger partial charge in [0.25, 0.3) is 0 Å². The van der Waals surface area contributed by atoms with Gasteiger partial charge < -0.3 is 14.2 Å². The first-order valence-electron chi connectivity index (χ1n) is 8.79. The first-order valence-corrected chi connectivity index (χ1v) is 8.79. The molecule has 3 rings (SSSR count). The molecule has 28 heavy (non-hydrogen) atoms. The zero-order valence-corrected chi connectivity index (χ0v) is 15.9. The molecule has 1 saturated heterocycles. The summed E-state index contributed by atoms with van der Waals surface area (Å²) in [6.07, 6.45) is 0.723. The highest BCUT2D eigenvalue weighted by Gasteiger charge is 2.21. The molecule has 0 saturated carbocycles. The monoisotopic (exact) mass is 383 g/mol. The molecule has 0 spiro atoms. The molecular formula is C19H21N5O4. The van der Waals surface area contributed by atoms with Crippen molar-refractivity contribution in [3.63, 3.8) is 0 Å². The van der Waals surface area contributed by atoms with E-state index < -0.39 is 12.3 Å². The van der Waals surface area contributed by atoms with Crippen LogP contribution in [0, 0.1) is 11.3 Å². The predicted molar refractivity (Wildman–Crippen MR) is 101 cm³/mol. The number of carbonyl (C=O) groups is 1. The number of pyridine rings is 2. The molecule has 9 heteroatoms. The average Bonchev–Trinajstić information content (AvgIpc) is 3.22. The van der Waals surface area contributed by atoms with E-state index in [1.165, 1.54) is 17.2 Å². The van der Waals surface area contributed by atoms with Gasteiger partial charge in [-0.3, -0.25) is 10.2 Å². The summed E-state index contributed by atoms with van der Waals surface area (Å²) in [4.78, 5) is 22.5. The second kappa shape index (κ2) is 8.65. The molecule has 1 fully saturated rings. The maximum Gasteiger partial charge on any atom is 0.328 e. The third-order valence-corrected chi connectivity index (χ3v) is 3.85. The number of nitriles is 1. The van der Waals surface area contributed by atoms with Gasteiger partial charge in [-0.25, -0.2) is 14.8 Å². The summed E-state index contributed by atoms with van der Waals surface area (Å²) in [6, 6.07) is 8.37. The molecule has 1 N–H and O–H groups in total. The smallest absolute Gasteiger partial charge is 0.328 e. The number of hydrogen-bond donors (Lipinski definition) is 1. The van der Waals surface area contributed by atoms with Crippen molar-refractivity contribution < 1.29 is 19.0 Å². The fourth-order valence-electron chi connectivity index (χ4n) is 2.52. The Kier molecular flexibility index (Phi) is 6.03. The van der Waals surface area contributed by atoms with Gasteiger partial charge in [0.05, 0.1) is 31.2 Å². The molecule has 1 aliphatic heterocycles. The van der Waals surface area contributed by atoms with Crippen LogP contribution >= 0.6 is 0 Å². The summed E-state index contributed by atoms with van der Waals surface area (Å²) < 4.78 is 16.5. The number of nitrogens with zero attached hydrogens (tertiary/aromatic N) is 4. The normalized spacial score (nSPS) is 14.0. The number of aromatic nitrogens is 2. The van der Waals surface area contributed by atoms with Gasteiger partial charge in [0.2, 0.25) is 6.29 Å². The SMILES string of the molecule is CC(C)Oc1cc(NC(=O)N(C)c2cccc(C3OCCO3)n2)ncc1C#N. The summed E-state index contributed by atoms with van der Waals surface area (Å²) in [7, 11) is 1.59. The van der Waals surface area contributed by atoms with Crippen molar-refractivity contribution in [1.29, 1.82) is 5.26 Å². The number of rotatable bonds is 5. The molecule has 3 heterocycles. The number of urea groups is 1. The van der Waals surface area contributed by atoms with Gasteiger partial charge in [-0.05, 0) is 26.0 Å². The van der Waals surface area contributed by atoms with Crippen LogP contribution in [0.1, 0.15) is 31.4 Å². The highest BCUT2D eigenvalue weighted by molar-refractivity contribution is 6.00. The number of carbonyl (C=O) groups excluding carboxylic acids is 1. The minimum Gasteiger partial charge on any atom is -0.489 e. The molecule has 9 nitrogen and oxygen atoms in total. The number of nitrogens with one attached hydrogen (secondary N) is 1. The minimum atomic E-state index is -0.521. The minimum absolute atomic E-state index is 0.118. The van der Waals surface area contributed by atoms with Gasteiger partial charge in [0.1, 0.15) is 29.0 Å². The third kappa shape index (κ3) is 4.54. The van der Waals surface area contributed by atoms with Gasteiger partial charge in [-0.1, -0.05) is 6.07 Å². The molecule has 2 amide bonds. The van der Waals surface area contributed by atoms with E-state index in [0.717, 1.165) is 0 Å². The standard InChI is InChI=1S/C19H21N5O4/c1-12(2)28-15-9-16(21-11-13(15)10-20)23-19(25)24(3)17-6-4-5-14(22-17)18-26-7-8-27-18/h4-6,9,11-12,18H,7-8H2,1-3H3,(H,21,23,25). The molecule has 0 radical (unpaired) electrons. The Bertz CT molecular complexity index is 890. The Balaban J connectivity index is 1.74. The Morgan fingerprint density at radius 3 is 2.82 bits per heavy atom. The lowest BCUT2D eigenvalue weighted by molar-refractivity contribution is -0.0472. The van der Waals surface area contributed by atoms with Crippen LogP contribution in [0.25, 0.3) is 0 Å². The Labute approximate surface area is 162 Å². The van der Waals surface area contributed by atoms with Gasteiger partial charge in [0, 0.05) is 13.1 Å². The third-order valence-electron chi connectivity index (χ3n) is 3.85. The highest BCUT2D eigenvalue weighted by Crippen LogP contribution is 2.24. The zero-order chi connectivity index (χ0) is 20.1. The second-order valence-corrected chi connectivity index (χ2v) is 6.33. The van der Waals surface area contributed by atoms with E-state index in [2.05, 4.69) is 15.3 Å². The van der Waals surface area contributed by atoms with Crippen LogP contribution in [0.5, 0.6) is 5.75 Å². The number of anilines is 2. The maximum absolute atomic E-state index is 12.6. The topological polar surface area (TPSA) is 110 Å². The van der Waals surface area contributed by atoms with Crippen molar-refractivity contribution in [2.75, 3.05) is 30.5 Å². The van der Waals surface area contributed by atoms with Crippen molar-refractivity contribution in [3.05, 3.63) is 41.7 Å². The quantitative estimate of drug-likeness (QED) is 0.845. The first kappa shape index (κ1) is 19.5. The summed E-state index contributed by atoms with van der Waals surface area (Å²) in [5.74, 6) is 1.06. The van der Waals surface area contributed by atoms with Crippen molar-refractivity contribution in [3.8, 4) is 11.8 Å². The maximum atomic E-state index is 12.6. The van der Waals surface area contributed by atoms with Crippen LogP contribution in [0.4, 0.5) is 16.4 Å². The van der Waals surface area contributed by atoms with Crippen molar-refractivity contribution in [2.24, 2.45) is 0 Å². The van der Waals surface area contributed by atoms with Crippen molar-refractivity contribution >= 4 is 17.7 Å². The fraction of sp³-hybridized carbons (Fsp3) is 0.368. The average molecular weight is 383 g/mol. The van der Waals surface area contributed by atoms with Crippen molar-refractivity contribution in [2.45, 2.75) is 26.2 Å². The molecule has 0 aliphatic carbocycles. The molecule has 0 aromatic carbocycles. The van der Waals surface area contributed by atoms with E-state index in [1.807, 2.05) is 19.9 Å². The Morgan fingerprint density at radius 1 is 1.39 bits per heavy atom. The van der Waals surface area contributed by atoms with Gasteiger partial charge in [-0.2, -0.15) is 5.26 Å². The lowest BCUT2D eigenvalue weighted by atomic mass is 10.2. The number of hydrogen-bond acceptors (Lipinski definition) is 7. The van der Waals surface area contributed by atoms with Crippen LogP contribution in [0.2, 0.25) is 0 Å². The summed E-state index contributed by atoms with van der Waals surface area (Å²) >= 11 is 0. The van der Waals surface area contributed by atoms with Crippen LogP contribution in [0.3, 0.4) is 0 Å². The molecule has 0 bridgehead atoms. The molecule has 2 aromatic heterocycles. The molecule has 0 atom stereocenters. The van der Waals surface area contributed by atoms with Crippen LogP contribution in [0.15, 0.2) is 30.5 Å². The number of amides is 2. The fourth-order valence-corrected chi connectivity index (χ4v) is 2.52. The molecule has 146 valence electrons. The lowest BCUT2D eigenvalue weighted by Gasteiger charge is -2.19. The van der Waals surface area contributed by atoms with E-state index in [1.54, 1.807) is 25.2 Å². The second-order valence-electron chi connectivity index (χ2n) is 6.33. The van der Waals surface area contributed by atoms with Gasteiger partial charge >= 0.3 is 6.03 Å². The lowest BCUT2D eigenvalue weighted by Crippen LogP contribution is -2.32. The Morgan fingerprint density at radius 2 is 2.14 bits per heavy atom. The summed E-state index contributed by atoms with van der Waals surface area (Å²) in [5, 5.41) is 11.8. The molecule has 2 aromatic rings. The van der Waals surface area contributed by atoms with Gasteiger partial charge in [0.15, 0.2) is 0 Å². The summed E-state index contributed by atoms with van der Waals surface area (Å²) in [5.41, 5.74) is 0.893. The van der Waals surface area contributed by atoms with E-state index >= 15 is 0 Å². The van der Waals surface area contributed by atoms with Crippen molar-refractivity contribution in [1.82, 2.24) is 9.97 Å². The first-order chi connectivity index (χ1) is 13.5. The molecule has 0 unspecified atom stereocenters. The van der Waals surface area contributed by atoms with E-state index in [0.29, 0.717) is 36.0 Å². The number of ether oxygens (including phenoxy) is 3. The largest absolute Gasteiger partial charge is 0.489 e. The molecular weight excluding hydrogens is 362 g/mol. The highest BCUT2D eigenvalue weighted by atomic mass is 16.7. The van der Waals surface area contributed by atoms with Gasteiger partial charge in [-0.15, -0.1) is 0 Å². The van der Waals surface area contributed by atoms with Crippen LogP contribution < -0.4 is 15.0 Å². The van der Waals surface area contributed by atoms with Crippen LogP contribution in [-0.4, -0.2) is 42.4 Å². The summed E-state index contributed by atoms with van der Waals surface area (Å²) in [6.45, 7) is 4.73. The molecule has 1 aliphatic rings. The Hall–Kier alpha value is -3.22. The zero-order valence-electron chi connectivity index (χ0n) is 15.9. The van der Waals surface area contributed by atoms with Crippen LogP contribution in [-0.2, 0) is 9.47 Å². The van der Waals surface area contributed by atoms with E-state index in [-0.39, 0.29) is 11.9 Å². The van der Waals surface area contributed by atoms with E-state index in [9.17, 15) is 4.79 Å². The predicted octanol–water partition coefficient (Wildman–Crippen LogP) is 2.85.